The molecule has 1 aromatic carbocycles. The normalized spacial score (nSPS) is 12.5. The van der Waals surface area contributed by atoms with E-state index in [2.05, 4.69) is 5.32 Å². The van der Waals surface area contributed by atoms with Crippen molar-refractivity contribution in [2.75, 3.05) is 20.6 Å². The third-order valence-electron chi connectivity index (χ3n) is 3.66. The Balaban J connectivity index is 1.98. The SMILES string of the molecule is Cc1ccc(C(CNC(=O)c2ccc(OC(C)C)cc2)N(C)C)o1. The van der Waals surface area contributed by atoms with Gasteiger partial charge in [-0.05, 0) is 71.3 Å². The van der Waals surface area contributed by atoms with Crippen molar-refractivity contribution >= 4 is 5.91 Å². The summed E-state index contributed by atoms with van der Waals surface area (Å²) in [5, 5.41) is 2.97. The average Bonchev–Trinajstić information content (AvgIpc) is 2.93. The van der Waals surface area contributed by atoms with Crippen LogP contribution in [0.25, 0.3) is 0 Å². The van der Waals surface area contributed by atoms with E-state index in [1.165, 1.54) is 0 Å². The Morgan fingerprint density at radius 3 is 2.33 bits per heavy atom. The number of carbonyl (C=O) groups is 1. The quantitative estimate of drug-likeness (QED) is 0.845. The fraction of sp³-hybridized carbons (Fsp3) is 0.421. The van der Waals surface area contributed by atoms with Crippen molar-refractivity contribution in [3.8, 4) is 5.75 Å². The predicted molar refractivity (Wildman–Crippen MR) is 94.4 cm³/mol. The van der Waals surface area contributed by atoms with Crippen LogP contribution in [0.2, 0.25) is 0 Å². The second kappa shape index (κ2) is 8.02. The summed E-state index contributed by atoms with van der Waals surface area (Å²) in [7, 11) is 3.93. The number of carbonyl (C=O) groups excluding carboxylic acids is 1. The molecule has 24 heavy (non-hydrogen) atoms. The molecule has 1 amide bonds. The number of hydrogen-bond donors (Lipinski definition) is 1. The molecule has 1 N–H and O–H groups in total. The summed E-state index contributed by atoms with van der Waals surface area (Å²) < 4.78 is 11.3. The fourth-order valence-electron chi connectivity index (χ4n) is 2.42. The maximum absolute atomic E-state index is 12.3. The van der Waals surface area contributed by atoms with Crippen LogP contribution in [0.1, 0.15) is 41.8 Å². The third kappa shape index (κ3) is 4.86. The number of likely N-dealkylation sites (N-methyl/N-ethyl adjacent to an activating group) is 1. The van der Waals surface area contributed by atoms with Crippen LogP contribution in [0.4, 0.5) is 0 Å². The van der Waals surface area contributed by atoms with Gasteiger partial charge >= 0.3 is 0 Å². The number of nitrogens with zero attached hydrogens (tertiary/aromatic N) is 1. The van der Waals surface area contributed by atoms with E-state index < -0.39 is 0 Å². The standard InChI is InChI=1S/C19H26N2O3/c1-13(2)23-16-9-7-15(8-10-16)19(22)20-12-17(21(4)5)18-11-6-14(3)24-18/h6-11,13,17H,12H2,1-5H3,(H,20,22). The maximum Gasteiger partial charge on any atom is 0.251 e. The van der Waals surface area contributed by atoms with Crippen molar-refractivity contribution in [2.45, 2.75) is 32.9 Å². The van der Waals surface area contributed by atoms with E-state index in [-0.39, 0.29) is 18.1 Å². The first-order valence-electron chi connectivity index (χ1n) is 8.14. The lowest BCUT2D eigenvalue weighted by molar-refractivity contribution is 0.0939. The van der Waals surface area contributed by atoms with Crippen molar-refractivity contribution in [1.29, 1.82) is 0 Å². The Morgan fingerprint density at radius 2 is 1.83 bits per heavy atom. The van der Waals surface area contributed by atoms with Crippen LogP contribution >= 0.6 is 0 Å². The Bertz CT molecular complexity index is 660. The molecule has 5 nitrogen and oxygen atoms in total. The first-order chi connectivity index (χ1) is 11.4. The van der Waals surface area contributed by atoms with E-state index in [4.69, 9.17) is 9.15 Å². The molecule has 2 rings (SSSR count). The Hall–Kier alpha value is -2.27. The minimum atomic E-state index is -0.110. The van der Waals surface area contributed by atoms with Gasteiger partial charge in [-0.1, -0.05) is 0 Å². The van der Waals surface area contributed by atoms with Crippen LogP contribution < -0.4 is 10.1 Å². The summed E-state index contributed by atoms with van der Waals surface area (Å²) >= 11 is 0. The molecule has 5 heteroatoms. The zero-order valence-corrected chi connectivity index (χ0v) is 15.0. The van der Waals surface area contributed by atoms with Crippen LogP contribution in [0.3, 0.4) is 0 Å². The molecule has 0 fully saturated rings. The van der Waals surface area contributed by atoms with Gasteiger partial charge in [-0.25, -0.2) is 0 Å². The van der Waals surface area contributed by atoms with E-state index in [1.54, 1.807) is 12.1 Å². The van der Waals surface area contributed by atoms with Gasteiger partial charge in [0, 0.05) is 12.1 Å². The largest absolute Gasteiger partial charge is 0.491 e. The maximum atomic E-state index is 12.3. The van der Waals surface area contributed by atoms with Gasteiger partial charge in [0.05, 0.1) is 12.1 Å². The van der Waals surface area contributed by atoms with Crippen molar-refractivity contribution in [3.63, 3.8) is 0 Å². The van der Waals surface area contributed by atoms with Gasteiger partial charge in [-0.15, -0.1) is 0 Å². The summed E-state index contributed by atoms with van der Waals surface area (Å²) in [5.41, 5.74) is 0.610. The minimum Gasteiger partial charge on any atom is -0.491 e. The minimum absolute atomic E-state index is 0.00815. The van der Waals surface area contributed by atoms with Crippen molar-refractivity contribution < 1.29 is 13.9 Å². The lowest BCUT2D eigenvalue weighted by Crippen LogP contribution is -2.34. The number of benzene rings is 1. The number of nitrogens with one attached hydrogen (secondary N) is 1. The third-order valence-corrected chi connectivity index (χ3v) is 3.66. The molecular formula is C19H26N2O3. The summed E-state index contributed by atoms with van der Waals surface area (Å²) in [6.45, 7) is 6.33. The van der Waals surface area contributed by atoms with Crippen LogP contribution in [0.5, 0.6) is 5.75 Å². The zero-order valence-electron chi connectivity index (χ0n) is 15.0. The number of rotatable bonds is 7. The Kier molecular flexibility index (Phi) is 6.04. The molecular weight excluding hydrogens is 304 g/mol. The molecule has 0 aliphatic carbocycles. The topological polar surface area (TPSA) is 54.7 Å². The monoisotopic (exact) mass is 330 g/mol. The molecule has 0 aliphatic rings. The Morgan fingerprint density at radius 1 is 1.17 bits per heavy atom. The molecule has 0 aliphatic heterocycles. The molecule has 0 saturated carbocycles. The molecule has 1 heterocycles. The lowest BCUT2D eigenvalue weighted by atomic mass is 10.1. The van der Waals surface area contributed by atoms with Gasteiger partial charge in [-0.2, -0.15) is 0 Å². The van der Waals surface area contributed by atoms with Gasteiger partial charge in [-0.3, -0.25) is 9.69 Å². The zero-order chi connectivity index (χ0) is 17.7. The second-order valence-electron chi connectivity index (χ2n) is 6.33. The smallest absolute Gasteiger partial charge is 0.251 e. The van der Waals surface area contributed by atoms with Crippen molar-refractivity contribution in [3.05, 3.63) is 53.5 Å². The van der Waals surface area contributed by atoms with Gasteiger partial charge in [0.15, 0.2) is 0 Å². The molecule has 1 unspecified atom stereocenters. The van der Waals surface area contributed by atoms with Gasteiger partial charge in [0.1, 0.15) is 17.3 Å². The first-order valence-corrected chi connectivity index (χ1v) is 8.14. The highest BCUT2D eigenvalue weighted by Crippen LogP contribution is 2.20. The predicted octanol–water partition coefficient (Wildman–Crippen LogP) is 3.41. The fourth-order valence-corrected chi connectivity index (χ4v) is 2.42. The van der Waals surface area contributed by atoms with Gasteiger partial charge in [0.25, 0.3) is 5.91 Å². The number of furan rings is 1. The highest BCUT2D eigenvalue weighted by Gasteiger charge is 2.19. The van der Waals surface area contributed by atoms with E-state index in [9.17, 15) is 4.79 Å². The van der Waals surface area contributed by atoms with Crippen LogP contribution in [-0.2, 0) is 0 Å². The molecule has 1 atom stereocenters. The van der Waals surface area contributed by atoms with Crippen molar-refractivity contribution in [2.24, 2.45) is 0 Å². The van der Waals surface area contributed by atoms with E-state index in [1.807, 2.05) is 64.0 Å². The van der Waals surface area contributed by atoms with Crippen molar-refractivity contribution in [1.82, 2.24) is 10.2 Å². The summed E-state index contributed by atoms with van der Waals surface area (Å²) in [6.07, 6.45) is 0.113. The van der Waals surface area contributed by atoms with Gasteiger partial charge in [0.2, 0.25) is 0 Å². The summed E-state index contributed by atoms with van der Waals surface area (Å²) in [6, 6.07) is 11.0. The first kappa shape index (κ1) is 18.1. The Labute approximate surface area is 143 Å². The molecule has 2 aromatic rings. The number of amides is 1. The van der Waals surface area contributed by atoms with E-state index in [0.29, 0.717) is 12.1 Å². The summed E-state index contributed by atoms with van der Waals surface area (Å²) in [5.74, 6) is 2.36. The lowest BCUT2D eigenvalue weighted by Gasteiger charge is -2.22. The highest BCUT2D eigenvalue weighted by molar-refractivity contribution is 5.94. The summed E-state index contributed by atoms with van der Waals surface area (Å²) in [4.78, 5) is 14.4. The molecule has 0 spiro atoms. The highest BCUT2D eigenvalue weighted by atomic mass is 16.5. The molecule has 130 valence electrons. The van der Waals surface area contributed by atoms with Crippen LogP contribution in [0.15, 0.2) is 40.8 Å². The molecule has 0 radical (unpaired) electrons. The number of aryl methyl sites for hydroxylation is 1. The number of hydrogen-bond acceptors (Lipinski definition) is 4. The van der Waals surface area contributed by atoms with Crippen LogP contribution in [0, 0.1) is 6.92 Å². The molecule has 0 saturated heterocycles. The van der Waals surface area contributed by atoms with Crippen LogP contribution in [-0.4, -0.2) is 37.6 Å². The molecule has 0 bridgehead atoms. The second-order valence-corrected chi connectivity index (χ2v) is 6.33. The average molecular weight is 330 g/mol. The van der Waals surface area contributed by atoms with Gasteiger partial charge < -0.3 is 14.5 Å². The number of ether oxygens (including phenoxy) is 1. The van der Waals surface area contributed by atoms with E-state index >= 15 is 0 Å². The van der Waals surface area contributed by atoms with E-state index in [0.717, 1.165) is 17.3 Å². The molecule has 1 aromatic heterocycles.